The summed E-state index contributed by atoms with van der Waals surface area (Å²) in [5, 5.41) is 14.0. The van der Waals surface area contributed by atoms with Gasteiger partial charge in [-0.05, 0) is 42.0 Å². The summed E-state index contributed by atoms with van der Waals surface area (Å²) in [6, 6.07) is 17.7. The summed E-state index contributed by atoms with van der Waals surface area (Å²) in [5.74, 6) is -0.0278. The third-order valence-electron chi connectivity index (χ3n) is 3.87. The van der Waals surface area contributed by atoms with E-state index in [1.165, 1.54) is 12.1 Å². The van der Waals surface area contributed by atoms with E-state index >= 15 is 0 Å². The smallest absolute Gasteiger partial charge is 0.269 e. The van der Waals surface area contributed by atoms with Crippen molar-refractivity contribution >= 4 is 40.5 Å². The number of benzene rings is 3. The molecule has 8 heteroatoms. The van der Waals surface area contributed by atoms with Gasteiger partial charge in [-0.25, -0.2) is 0 Å². The second-order valence-corrected chi connectivity index (χ2v) is 6.55. The molecule has 0 bridgehead atoms. The van der Waals surface area contributed by atoms with E-state index in [0.29, 0.717) is 22.0 Å². The first-order valence-electron chi connectivity index (χ1n) is 8.16. The number of carbonyl (C=O) groups is 1. The molecule has 142 valence electrons. The number of rotatable bonds is 6. The van der Waals surface area contributed by atoms with E-state index in [0.717, 1.165) is 5.56 Å². The molecule has 0 radical (unpaired) electrons. The maximum absolute atomic E-state index is 12.7. The Balaban J connectivity index is 1.74. The Morgan fingerprint density at radius 3 is 2.43 bits per heavy atom. The van der Waals surface area contributed by atoms with E-state index in [-0.39, 0.29) is 17.3 Å². The Hall–Kier alpha value is -3.09. The standard InChI is InChI=1S/C20H14Cl2N2O4/c21-16-5-3-6-17(19(16)22)23-20(25)15-4-1-2-7-18(15)28-12-13-8-10-14(11-9-13)24(26)27/h1-11H,12H2,(H,23,25). The largest absolute Gasteiger partial charge is 0.488 e. The van der Waals surface area contributed by atoms with Gasteiger partial charge in [-0.2, -0.15) is 0 Å². The number of nitrogens with one attached hydrogen (secondary N) is 1. The van der Waals surface area contributed by atoms with Crippen molar-refractivity contribution in [2.24, 2.45) is 0 Å². The van der Waals surface area contributed by atoms with E-state index in [1.54, 1.807) is 54.6 Å². The summed E-state index contributed by atoms with van der Waals surface area (Å²) in [6.07, 6.45) is 0. The van der Waals surface area contributed by atoms with Crippen molar-refractivity contribution in [1.29, 1.82) is 0 Å². The molecule has 0 saturated heterocycles. The van der Waals surface area contributed by atoms with Crippen molar-refractivity contribution in [3.05, 3.63) is 98.0 Å². The summed E-state index contributed by atoms with van der Waals surface area (Å²) in [4.78, 5) is 22.9. The lowest BCUT2D eigenvalue weighted by atomic mass is 10.1. The maximum atomic E-state index is 12.7. The molecule has 0 aliphatic rings. The van der Waals surface area contributed by atoms with Crippen molar-refractivity contribution in [3.63, 3.8) is 0 Å². The van der Waals surface area contributed by atoms with E-state index in [2.05, 4.69) is 5.32 Å². The molecule has 0 spiro atoms. The number of halogens is 2. The van der Waals surface area contributed by atoms with Gasteiger partial charge in [-0.3, -0.25) is 14.9 Å². The summed E-state index contributed by atoms with van der Waals surface area (Å²) >= 11 is 12.1. The number of nitro benzene ring substituents is 1. The first-order chi connectivity index (χ1) is 13.5. The van der Waals surface area contributed by atoms with Crippen LogP contribution >= 0.6 is 23.2 Å². The molecule has 28 heavy (non-hydrogen) atoms. The number of amides is 1. The molecule has 0 atom stereocenters. The van der Waals surface area contributed by atoms with Crippen LogP contribution in [0.25, 0.3) is 0 Å². The number of non-ortho nitro benzene ring substituents is 1. The molecule has 3 aromatic rings. The van der Waals surface area contributed by atoms with Gasteiger partial charge in [0.05, 0.1) is 26.2 Å². The fraction of sp³-hybridized carbons (Fsp3) is 0.0500. The fourth-order valence-electron chi connectivity index (χ4n) is 2.45. The minimum absolute atomic E-state index is 0.00179. The Kier molecular flexibility index (Phi) is 6.13. The molecule has 0 aliphatic heterocycles. The van der Waals surface area contributed by atoms with Gasteiger partial charge in [0.1, 0.15) is 12.4 Å². The highest BCUT2D eigenvalue weighted by Crippen LogP contribution is 2.30. The summed E-state index contributed by atoms with van der Waals surface area (Å²) in [5.41, 5.74) is 1.45. The van der Waals surface area contributed by atoms with Crippen LogP contribution in [0.15, 0.2) is 66.7 Å². The van der Waals surface area contributed by atoms with Crippen LogP contribution in [0.5, 0.6) is 5.75 Å². The highest BCUT2D eigenvalue weighted by atomic mass is 35.5. The number of carbonyl (C=O) groups excluding carboxylic acids is 1. The average Bonchev–Trinajstić information content (AvgIpc) is 2.70. The lowest BCUT2D eigenvalue weighted by molar-refractivity contribution is -0.384. The molecular formula is C20H14Cl2N2O4. The van der Waals surface area contributed by atoms with Crippen LogP contribution < -0.4 is 10.1 Å². The lowest BCUT2D eigenvalue weighted by Crippen LogP contribution is -2.14. The van der Waals surface area contributed by atoms with Crippen LogP contribution in [0.1, 0.15) is 15.9 Å². The number of anilines is 1. The normalized spacial score (nSPS) is 10.4. The van der Waals surface area contributed by atoms with Crippen molar-refractivity contribution in [2.75, 3.05) is 5.32 Å². The Morgan fingerprint density at radius 1 is 1.00 bits per heavy atom. The first kappa shape index (κ1) is 19.7. The molecule has 3 rings (SSSR count). The highest BCUT2D eigenvalue weighted by Gasteiger charge is 2.15. The molecule has 1 N–H and O–H groups in total. The number of hydrogen-bond donors (Lipinski definition) is 1. The van der Waals surface area contributed by atoms with Crippen LogP contribution in [0, 0.1) is 10.1 Å². The molecule has 0 fully saturated rings. The van der Waals surface area contributed by atoms with Gasteiger partial charge in [-0.15, -0.1) is 0 Å². The van der Waals surface area contributed by atoms with Gasteiger partial charge in [0.2, 0.25) is 0 Å². The van der Waals surface area contributed by atoms with E-state index in [4.69, 9.17) is 27.9 Å². The fourth-order valence-corrected chi connectivity index (χ4v) is 2.79. The predicted octanol–water partition coefficient (Wildman–Crippen LogP) is 5.73. The summed E-state index contributed by atoms with van der Waals surface area (Å²) < 4.78 is 5.75. The Morgan fingerprint density at radius 2 is 1.71 bits per heavy atom. The van der Waals surface area contributed by atoms with Gasteiger partial charge in [0, 0.05) is 12.1 Å². The summed E-state index contributed by atoms with van der Waals surface area (Å²) in [7, 11) is 0. The van der Waals surface area contributed by atoms with Crippen molar-refractivity contribution in [3.8, 4) is 5.75 Å². The second kappa shape index (κ2) is 8.73. The predicted molar refractivity (Wildman–Crippen MR) is 108 cm³/mol. The van der Waals surface area contributed by atoms with Crippen LogP contribution in [0.4, 0.5) is 11.4 Å². The topological polar surface area (TPSA) is 81.5 Å². The lowest BCUT2D eigenvalue weighted by Gasteiger charge is -2.13. The zero-order valence-electron chi connectivity index (χ0n) is 14.4. The molecule has 0 aromatic heterocycles. The molecule has 0 unspecified atom stereocenters. The Bertz CT molecular complexity index is 1020. The summed E-state index contributed by atoms with van der Waals surface area (Å²) in [6.45, 7) is 0.153. The number of ether oxygens (including phenoxy) is 1. The van der Waals surface area contributed by atoms with Crippen LogP contribution in [-0.4, -0.2) is 10.8 Å². The zero-order chi connectivity index (χ0) is 20.1. The van der Waals surface area contributed by atoms with Gasteiger partial charge < -0.3 is 10.1 Å². The monoisotopic (exact) mass is 416 g/mol. The molecule has 3 aromatic carbocycles. The SMILES string of the molecule is O=C(Nc1cccc(Cl)c1Cl)c1ccccc1OCc1ccc([N+](=O)[O-])cc1. The molecular weight excluding hydrogens is 403 g/mol. The minimum atomic E-state index is -0.467. The van der Waals surface area contributed by atoms with Gasteiger partial charge >= 0.3 is 0 Å². The number of para-hydroxylation sites is 1. The first-order valence-corrected chi connectivity index (χ1v) is 8.92. The van der Waals surface area contributed by atoms with Gasteiger partial charge in [0.25, 0.3) is 11.6 Å². The highest BCUT2D eigenvalue weighted by molar-refractivity contribution is 6.44. The van der Waals surface area contributed by atoms with E-state index in [1.807, 2.05) is 0 Å². The van der Waals surface area contributed by atoms with E-state index in [9.17, 15) is 14.9 Å². The molecule has 6 nitrogen and oxygen atoms in total. The van der Waals surface area contributed by atoms with Crippen molar-refractivity contribution in [2.45, 2.75) is 6.61 Å². The van der Waals surface area contributed by atoms with Gasteiger partial charge in [0.15, 0.2) is 0 Å². The van der Waals surface area contributed by atoms with E-state index < -0.39 is 10.8 Å². The number of nitrogens with zero attached hydrogens (tertiary/aromatic N) is 1. The quantitative estimate of drug-likeness (QED) is 0.410. The van der Waals surface area contributed by atoms with Crippen LogP contribution in [0.3, 0.4) is 0 Å². The molecule has 0 aliphatic carbocycles. The minimum Gasteiger partial charge on any atom is -0.488 e. The molecule has 0 saturated carbocycles. The van der Waals surface area contributed by atoms with Gasteiger partial charge in [-0.1, -0.05) is 41.4 Å². The third-order valence-corrected chi connectivity index (χ3v) is 4.69. The van der Waals surface area contributed by atoms with Crippen LogP contribution in [0.2, 0.25) is 10.0 Å². The van der Waals surface area contributed by atoms with Crippen molar-refractivity contribution < 1.29 is 14.5 Å². The zero-order valence-corrected chi connectivity index (χ0v) is 15.9. The average molecular weight is 417 g/mol. The maximum Gasteiger partial charge on any atom is 0.269 e. The third kappa shape index (κ3) is 4.60. The Labute approximate surface area is 170 Å². The second-order valence-electron chi connectivity index (χ2n) is 5.76. The number of nitro groups is 1. The molecule has 1 amide bonds. The van der Waals surface area contributed by atoms with Crippen LogP contribution in [-0.2, 0) is 6.61 Å². The number of hydrogen-bond acceptors (Lipinski definition) is 4. The molecule has 0 heterocycles. The van der Waals surface area contributed by atoms with Crippen molar-refractivity contribution in [1.82, 2.24) is 0 Å².